The highest BCUT2D eigenvalue weighted by Gasteiger charge is 1.99. The average Bonchev–Trinajstić information content (AvgIpc) is 2.66. The van der Waals surface area contributed by atoms with Gasteiger partial charge in [0.1, 0.15) is 5.82 Å². The molecule has 2 rings (SSSR count). The Morgan fingerprint density at radius 1 is 1.13 bits per heavy atom. The van der Waals surface area contributed by atoms with Crippen LogP contribution in [0.15, 0.2) is 30.3 Å². The Labute approximate surface area is 88.5 Å². The molecule has 78 valence electrons. The number of rotatable bonds is 4. The largest absolute Gasteiger partial charge is 0.367 e. The summed E-state index contributed by atoms with van der Waals surface area (Å²) in [5.74, 6) is 1.19. The molecule has 1 aromatic heterocycles. The lowest BCUT2D eigenvalue weighted by Gasteiger charge is -1.98. The number of hydrogen-bond acceptors (Lipinski definition) is 3. The predicted octanol–water partition coefficient (Wildman–Crippen LogP) is 1.56. The van der Waals surface area contributed by atoms with Crippen molar-refractivity contribution in [1.29, 1.82) is 0 Å². The summed E-state index contributed by atoms with van der Waals surface area (Å²) < 4.78 is 0. The number of anilines is 1. The molecule has 0 aliphatic heterocycles. The molecule has 0 unspecified atom stereocenters. The van der Waals surface area contributed by atoms with E-state index < -0.39 is 0 Å². The molecule has 3 N–H and O–H groups in total. The van der Waals surface area contributed by atoms with Crippen LogP contribution in [0.4, 0.5) is 5.95 Å². The zero-order valence-corrected chi connectivity index (χ0v) is 8.48. The van der Waals surface area contributed by atoms with E-state index in [1.807, 2.05) is 6.07 Å². The Morgan fingerprint density at radius 2 is 1.93 bits per heavy atom. The Hall–Kier alpha value is -1.84. The topological polar surface area (TPSA) is 67.6 Å². The van der Waals surface area contributed by atoms with Crippen molar-refractivity contribution >= 4 is 5.95 Å². The maximum atomic E-state index is 5.41. The van der Waals surface area contributed by atoms with E-state index in [2.05, 4.69) is 39.4 Å². The molecule has 4 nitrogen and oxygen atoms in total. The first kappa shape index (κ1) is 9.71. The van der Waals surface area contributed by atoms with E-state index in [0.29, 0.717) is 5.95 Å². The molecule has 0 amide bonds. The van der Waals surface area contributed by atoms with Gasteiger partial charge in [-0.05, 0) is 18.4 Å². The molecule has 0 radical (unpaired) electrons. The first-order valence-corrected chi connectivity index (χ1v) is 5.05. The van der Waals surface area contributed by atoms with Gasteiger partial charge in [-0.15, -0.1) is 5.10 Å². The van der Waals surface area contributed by atoms with Crippen LogP contribution >= 0.6 is 0 Å². The molecule has 2 aromatic rings. The van der Waals surface area contributed by atoms with E-state index in [9.17, 15) is 0 Å². The number of aromatic nitrogens is 3. The Kier molecular flexibility index (Phi) is 2.97. The lowest BCUT2D eigenvalue weighted by atomic mass is 10.1. The number of aromatic amines is 1. The minimum atomic E-state index is 0.324. The van der Waals surface area contributed by atoms with Crippen LogP contribution in [0, 0.1) is 0 Å². The third kappa shape index (κ3) is 2.80. The van der Waals surface area contributed by atoms with E-state index in [0.717, 1.165) is 25.1 Å². The number of nitrogens with two attached hydrogens (primary N) is 1. The molecule has 0 bridgehead atoms. The van der Waals surface area contributed by atoms with Crippen LogP contribution in [0.3, 0.4) is 0 Å². The van der Waals surface area contributed by atoms with Crippen LogP contribution in [-0.2, 0) is 12.8 Å². The summed E-state index contributed by atoms with van der Waals surface area (Å²) in [6.07, 6.45) is 3.00. The second-order valence-corrected chi connectivity index (χ2v) is 3.48. The molecule has 0 aliphatic carbocycles. The highest BCUT2D eigenvalue weighted by Crippen LogP contribution is 2.05. The van der Waals surface area contributed by atoms with Gasteiger partial charge < -0.3 is 5.73 Å². The van der Waals surface area contributed by atoms with Gasteiger partial charge in [-0.2, -0.15) is 4.98 Å². The number of hydrogen-bond donors (Lipinski definition) is 2. The van der Waals surface area contributed by atoms with Gasteiger partial charge in [0.2, 0.25) is 5.95 Å². The molecule has 0 saturated carbocycles. The Morgan fingerprint density at radius 3 is 2.60 bits per heavy atom. The van der Waals surface area contributed by atoms with Crippen LogP contribution in [-0.4, -0.2) is 15.2 Å². The maximum absolute atomic E-state index is 5.41. The van der Waals surface area contributed by atoms with Crippen LogP contribution in [0.5, 0.6) is 0 Å². The van der Waals surface area contributed by atoms with Crippen molar-refractivity contribution in [2.24, 2.45) is 0 Å². The van der Waals surface area contributed by atoms with Gasteiger partial charge in [-0.25, -0.2) is 0 Å². The molecular weight excluding hydrogens is 188 g/mol. The number of nitrogen functional groups attached to an aromatic ring is 1. The number of nitrogens with one attached hydrogen (secondary N) is 1. The van der Waals surface area contributed by atoms with Gasteiger partial charge in [0.25, 0.3) is 0 Å². The van der Waals surface area contributed by atoms with Gasteiger partial charge in [0.15, 0.2) is 0 Å². The van der Waals surface area contributed by atoms with Crippen molar-refractivity contribution in [3.63, 3.8) is 0 Å². The van der Waals surface area contributed by atoms with Crippen LogP contribution in [0.1, 0.15) is 17.8 Å². The zero-order chi connectivity index (χ0) is 10.5. The van der Waals surface area contributed by atoms with Crippen LogP contribution < -0.4 is 5.73 Å². The summed E-state index contributed by atoms with van der Waals surface area (Å²) in [7, 11) is 0. The van der Waals surface area contributed by atoms with E-state index >= 15 is 0 Å². The smallest absolute Gasteiger partial charge is 0.239 e. The molecule has 0 fully saturated rings. The summed E-state index contributed by atoms with van der Waals surface area (Å²) in [4.78, 5) is 4.05. The van der Waals surface area contributed by atoms with Crippen molar-refractivity contribution in [2.45, 2.75) is 19.3 Å². The molecule has 0 atom stereocenters. The first-order valence-electron chi connectivity index (χ1n) is 5.05. The molecule has 15 heavy (non-hydrogen) atoms. The second kappa shape index (κ2) is 4.59. The minimum Gasteiger partial charge on any atom is -0.367 e. The molecule has 0 spiro atoms. The highest BCUT2D eigenvalue weighted by atomic mass is 15.3. The predicted molar refractivity (Wildman–Crippen MR) is 59.3 cm³/mol. The molecular formula is C11H14N4. The van der Waals surface area contributed by atoms with Crippen molar-refractivity contribution in [3.05, 3.63) is 41.7 Å². The summed E-state index contributed by atoms with van der Waals surface area (Å²) >= 11 is 0. The van der Waals surface area contributed by atoms with Gasteiger partial charge >= 0.3 is 0 Å². The standard InChI is InChI=1S/C11H14N4/c12-11-13-10(14-15-11)8-4-7-9-5-2-1-3-6-9/h1-3,5-6H,4,7-8H2,(H3,12,13,14,15). The van der Waals surface area contributed by atoms with Crippen molar-refractivity contribution < 1.29 is 0 Å². The van der Waals surface area contributed by atoms with Gasteiger partial charge in [-0.3, -0.25) is 5.10 Å². The minimum absolute atomic E-state index is 0.324. The second-order valence-electron chi connectivity index (χ2n) is 3.48. The average molecular weight is 202 g/mol. The van der Waals surface area contributed by atoms with Gasteiger partial charge in [0.05, 0.1) is 0 Å². The first-order chi connectivity index (χ1) is 7.34. The van der Waals surface area contributed by atoms with Crippen molar-refractivity contribution in [2.75, 3.05) is 5.73 Å². The number of benzene rings is 1. The zero-order valence-electron chi connectivity index (χ0n) is 8.48. The summed E-state index contributed by atoms with van der Waals surface area (Å²) in [5, 5.41) is 6.59. The van der Waals surface area contributed by atoms with E-state index in [1.165, 1.54) is 5.56 Å². The molecule has 1 heterocycles. The van der Waals surface area contributed by atoms with Crippen LogP contribution in [0.25, 0.3) is 0 Å². The normalized spacial score (nSPS) is 10.4. The van der Waals surface area contributed by atoms with E-state index in [1.54, 1.807) is 0 Å². The molecule has 1 aromatic carbocycles. The third-order valence-corrected chi connectivity index (χ3v) is 2.27. The lowest BCUT2D eigenvalue weighted by Crippen LogP contribution is -1.92. The SMILES string of the molecule is Nc1n[nH]c(CCCc2ccccc2)n1. The van der Waals surface area contributed by atoms with Gasteiger partial charge in [-0.1, -0.05) is 30.3 Å². The number of H-pyrrole nitrogens is 1. The highest BCUT2D eigenvalue weighted by molar-refractivity contribution is 5.15. The third-order valence-electron chi connectivity index (χ3n) is 2.27. The van der Waals surface area contributed by atoms with Gasteiger partial charge in [0, 0.05) is 6.42 Å². The summed E-state index contributed by atoms with van der Waals surface area (Å²) in [6.45, 7) is 0. The van der Waals surface area contributed by atoms with Crippen LogP contribution in [0.2, 0.25) is 0 Å². The maximum Gasteiger partial charge on any atom is 0.239 e. The fourth-order valence-electron chi connectivity index (χ4n) is 1.53. The quantitative estimate of drug-likeness (QED) is 0.790. The summed E-state index contributed by atoms with van der Waals surface area (Å²) in [6, 6.07) is 10.4. The fraction of sp³-hybridized carbons (Fsp3) is 0.273. The Bertz CT molecular complexity index is 408. The monoisotopic (exact) mass is 202 g/mol. The van der Waals surface area contributed by atoms with E-state index in [4.69, 9.17) is 5.73 Å². The lowest BCUT2D eigenvalue weighted by molar-refractivity contribution is 0.775. The number of nitrogens with zero attached hydrogens (tertiary/aromatic N) is 2. The number of aryl methyl sites for hydroxylation is 2. The molecule has 0 saturated heterocycles. The molecule has 4 heteroatoms. The van der Waals surface area contributed by atoms with E-state index in [-0.39, 0.29) is 0 Å². The summed E-state index contributed by atoms with van der Waals surface area (Å²) in [5.41, 5.74) is 6.76. The van der Waals surface area contributed by atoms with Crippen molar-refractivity contribution in [1.82, 2.24) is 15.2 Å². The van der Waals surface area contributed by atoms with Crippen molar-refractivity contribution in [3.8, 4) is 0 Å². The molecule has 0 aliphatic rings. The fourth-order valence-corrected chi connectivity index (χ4v) is 1.53. The Balaban J connectivity index is 1.80.